The summed E-state index contributed by atoms with van der Waals surface area (Å²) in [4.78, 5) is 13.4. The van der Waals surface area contributed by atoms with Crippen LogP contribution in [0.2, 0.25) is 5.02 Å². The van der Waals surface area contributed by atoms with Crippen LogP contribution in [0.1, 0.15) is 34.6 Å². The van der Waals surface area contributed by atoms with Gasteiger partial charge in [0.1, 0.15) is 0 Å². The Balaban J connectivity index is 2.13. The largest absolute Gasteiger partial charge is 0.344 e. The zero-order chi connectivity index (χ0) is 13.8. The summed E-state index contributed by atoms with van der Waals surface area (Å²) in [5.41, 5.74) is 0.598. The van der Waals surface area contributed by atoms with Crippen molar-refractivity contribution < 1.29 is 4.79 Å². The van der Waals surface area contributed by atoms with Crippen LogP contribution in [0.25, 0.3) is 0 Å². The predicted octanol–water partition coefficient (Wildman–Crippen LogP) is 4.89. The summed E-state index contributed by atoms with van der Waals surface area (Å²) in [6, 6.07) is 9.45. The zero-order valence-electron chi connectivity index (χ0n) is 10.3. The van der Waals surface area contributed by atoms with E-state index in [1.807, 2.05) is 23.6 Å². The molecular weight excluding hydrogens is 393 g/mol. The molecule has 1 amide bonds. The van der Waals surface area contributed by atoms with Gasteiger partial charge in [-0.25, -0.2) is 0 Å². The molecule has 0 aliphatic carbocycles. The molecule has 5 heteroatoms. The standard InChI is InChI=1S/C14H13ClINOS/c1-2-12(13-4-3-7-19-13)17-14(18)9-5-6-11(16)10(15)8-9/h3-8,12H,2H2,1H3,(H,17,18). The highest BCUT2D eigenvalue weighted by molar-refractivity contribution is 14.1. The Morgan fingerprint density at radius 2 is 2.26 bits per heavy atom. The van der Waals surface area contributed by atoms with Crippen LogP contribution in [0.5, 0.6) is 0 Å². The fraction of sp³-hybridized carbons (Fsp3) is 0.214. The van der Waals surface area contributed by atoms with Gasteiger partial charge in [0.25, 0.3) is 5.91 Å². The van der Waals surface area contributed by atoms with E-state index in [2.05, 4.69) is 34.8 Å². The molecule has 0 aliphatic rings. The molecular formula is C14H13ClINOS. The van der Waals surface area contributed by atoms with Crippen molar-refractivity contribution in [1.29, 1.82) is 0 Å². The van der Waals surface area contributed by atoms with Crippen LogP contribution in [0.15, 0.2) is 35.7 Å². The first-order valence-electron chi connectivity index (χ1n) is 5.91. The Labute approximate surface area is 135 Å². The van der Waals surface area contributed by atoms with Crippen LogP contribution >= 0.6 is 45.5 Å². The van der Waals surface area contributed by atoms with Gasteiger partial charge in [-0.05, 0) is 58.7 Å². The molecule has 1 heterocycles. The van der Waals surface area contributed by atoms with Crippen molar-refractivity contribution in [3.8, 4) is 0 Å². The van der Waals surface area contributed by atoms with E-state index in [-0.39, 0.29) is 11.9 Å². The van der Waals surface area contributed by atoms with E-state index in [0.29, 0.717) is 10.6 Å². The molecule has 2 nitrogen and oxygen atoms in total. The van der Waals surface area contributed by atoms with E-state index in [1.54, 1.807) is 23.5 Å². The second kappa shape index (κ2) is 6.72. The molecule has 1 aromatic carbocycles. The molecule has 100 valence electrons. The highest BCUT2D eigenvalue weighted by atomic mass is 127. The highest BCUT2D eigenvalue weighted by Crippen LogP contribution is 2.23. The number of rotatable bonds is 4. The smallest absolute Gasteiger partial charge is 0.251 e. The maximum absolute atomic E-state index is 12.2. The van der Waals surface area contributed by atoms with Crippen molar-refractivity contribution in [3.05, 3.63) is 54.7 Å². The molecule has 1 aromatic heterocycles. The molecule has 0 aliphatic heterocycles. The summed E-state index contributed by atoms with van der Waals surface area (Å²) in [5.74, 6) is -0.0847. The minimum Gasteiger partial charge on any atom is -0.344 e. The quantitative estimate of drug-likeness (QED) is 0.721. The van der Waals surface area contributed by atoms with Gasteiger partial charge in [0.05, 0.1) is 11.1 Å². The van der Waals surface area contributed by atoms with Crippen molar-refractivity contribution in [3.63, 3.8) is 0 Å². The van der Waals surface area contributed by atoms with E-state index in [1.165, 1.54) is 4.88 Å². The Kier molecular flexibility index (Phi) is 5.24. The average molecular weight is 406 g/mol. The first kappa shape index (κ1) is 14.8. The number of carbonyl (C=O) groups excluding carboxylic acids is 1. The summed E-state index contributed by atoms with van der Waals surface area (Å²) in [5, 5.41) is 5.67. The number of amides is 1. The maximum Gasteiger partial charge on any atom is 0.251 e. The first-order valence-corrected chi connectivity index (χ1v) is 8.24. The minimum absolute atomic E-state index is 0.0607. The van der Waals surface area contributed by atoms with Crippen molar-refractivity contribution in [2.24, 2.45) is 0 Å². The summed E-state index contributed by atoms with van der Waals surface area (Å²) < 4.78 is 0.945. The van der Waals surface area contributed by atoms with Crippen LogP contribution in [0, 0.1) is 3.57 Å². The van der Waals surface area contributed by atoms with Gasteiger partial charge in [0.15, 0.2) is 0 Å². The maximum atomic E-state index is 12.2. The number of benzene rings is 1. The van der Waals surface area contributed by atoms with E-state index in [0.717, 1.165) is 9.99 Å². The normalized spacial score (nSPS) is 12.2. The molecule has 0 bridgehead atoms. The predicted molar refractivity (Wildman–Crippen MR) is 89.0 cm³/mol. The third-order valence-corrected chi connectivity index (χ3v) is 5.34. The average Bonchev–Trinajstić information content (AvgIpc) is 2.92. The molecule has 0 radical (unpaired) electrons. The van der Waals surface area contributed by atoms with Gasteiger partial charge in [-0.3, -0.25) is 4.79 Å². The van der Waals surface area contributed by atoms with Crippen molar-refractivity contribution in [1.82, 2.24) is 5.32 Å². The molecule has 2 aromatic rings. The molecule has 2 rings (SSSR count). The van der Waals surface area contributed by atoms with Gasteiger partial charge in [-0.1, -0.05) is 24.6 Å². The van der Waals surface area contributed by atoms with E-state index < -0.39 is 0 Å². The van der Waals surface area contributed by atoms with Crippen LogP contribution < -0.4 is 5.32 Å². The topological polar surface area (TPSA) is 29.1 Å². The molecule has 1 N–H and O–H groups in total. The molecule has 1 atom stereocenters. The third kappa shape index (κ3) is 3.70. The van der Waals surface area contributed by atoms with Gasteiger partial charge >= 0.3 is 0 Å². The Morgan fingerprint density at radius 1 is 1.47 bits per heavy atom. The molecule has 0 saturated carbocycles. The van der Waals surface area contributed by atoms with Gasteiger partial charge in [-0.2, -0.15) is 0 Å². The van der Waals surface area contributed by atoms with Gasteiger partial charge < -0.3 is 5.32 Å². The second-order valence-electron chi connectivity index (χ2n) is 4.08. The number of hydrogen-bond donors (Lipinski definition) is 1. The minimum atomic E-state index is -0.0847. The van der Waals surface area contributed by atoms with Crippen LogP contribution in [0.4, 0.5) is 0 Å². The Bertz CT molecular complexity index is 571. The number of carbonyl (C=O) groups is 1. The summed E-state index contributed by atoms with van der Waals surface area (Å²) >= 11 is 9.84. The molecule has 0 saturated heterocycles. The van der Waals surface area contributed by atoms with Crippen LogP contribution in [-0.2, 0) is 0 Å². The van der Waals surface area contributed by atoms with Crippen molar-refractivity contribution in [2.75, 3.05) is 0 Å². The second-order valence-corrected chi connectivity index (χ2v) is 6.63. The van der Waals surface area contributed by atoms with Crippen LogP contribution in [0.3, 0.4) is 0 Å². The molecule has 0 spiro atoms. The summed E-state index contributed by atoms with van der Waals surface area (Å²) in [6.45, 7) is 2.06. The Hall–Kier alpha value is -0.590. The molecule has 19 heavy (non-hydrogen) atoms. The number of hydrogen-bond acceptors (Lipinski definition) is 2. The summed E-state index contributed by atoms with van der Waals surface area (Å²) in [6.07, 6.45) is 0.865. The van der Waals surface area contributed by atoms with Crippen molar-refractivity contribution >= 4 is 51.4 Å². The first-order chi connectivity index (χ1) is 9.11. The number of thiophene rings is 1. The summed E-state index contributed by atoms with van der Waals surface area (Å²) in [7, 11) is 0. The van der Waals surface area contributed by atoms with Crippen LogP contribution in [-0.4, -0.2) is 5.91 Å². The van der Waals surface area contributed by atoms with Gasteiger partial charge in [-0.15, -0.1) is 11.3 Å². The lowest BCUT2D eigenvalue weighted by molar-refractivity contribution is 0.0936. The van der Waals surface area contributed by atoms with E-state index in [9.17, 15) is 4.79 Å². The third-order valence-electron chi connectivity index (χ3n) is 2.78. The van der Waals surface area contributed by atoms with Gasteiger partial charge in [0, 0.05) is 14.0 Å². The van der Waals surface area contributed by atoms with E-state index in [4.69, 9.17) is 11.6 Å². The van der Waals surface area contributed by atoms with Crippen molar-refractivity contribution in [2.45, 2.75) is 19.4 Å². The van der Waals surface area contributed by atoms with E-state index >= 15 is 0 Å². The Morgan fingerprint density at radius 3 is 2.84 bits per heavy atom. The number of halogens is 2. The number of nitrogens with one attached hydrogen (secondary N) is 1. The zero-order valence-corrected chi connectivity index (χ0v) is 14.1. The molecule has 0 fully saturated rings. The van der Waals surface area contributed by atoms with Gasteiger partial charge in [0.2, 0.25) is 0 Å². The monoisotopic (exact) mass is 405 g/mol. The fourth-order valence-corrected chi connectivity index (χ4v) is 3.12. The fourth-order valence-electron chi connectivity index (χ4n) is 1.74. The lowest BCUT2D eigenvalue weighted by Gasteiger charge is -2.15. The highest BCUT2D eigenvalue weighted by Gasteiger charge is 2.15. The lowest BCUT2D eigenvalue weighted by Crippen LogP contribution is -2.27. The SMILES string of the molecule is CCC(NC(=O)c1ccc(I)c(Cl)c1)c1cccs1. The lowest BCUT2D eigenvalue weighted by atomic mass is 10.1. The molecule has 1 unspecified atom stereocenters.